The molecule has 0 saturated heterocycles. The van der Waals surface area contributed by atoms with Gasteiger partial charge in [-0.15, -0.1) is 0 Å². The highest BCUT2D eigenvalue weighted by Crippen LogP contribution is 2.31. The minimum atomic E-state index is 0.172. The Bertz CT molecular complexity index is 664. The van der Waals surface area contributed by atoms with Gasteiger partial charge in [0.2, 0.25) is 0 Å². The van der Waals surface area contributed by atoms with Crippen LogP contribution in [0.4, 0.5) is 0 Å². The molecule has 0 unspecified atom stereocenters. The molecule has 0 amide bonds. The SMILES string of the molecule is CC(C)Oc1ccccc1-c1cc2ccccc2[nH]1. The van der Waals surface area contributed by atoms with Crippen molar-refractivity contribution in [3.63, 3.8) is 0 Å². The van der Waals surface area contributed by atoms with Gasteiger partial charge in [-0.3, -0.25) is 0 Å². The molecular weight excluding hydrogens is 234 g/mol. The lowest BCUT2D eigenvalue weighted by Crippen LogP contribution is -2.06. The van der Waals surface area contributed by atoms with Crippen molar-refractivity contribution in [2.75, 3.05) is 0 Å². The van der Waals surface area contributed by atoms with Gasteiger partial charge >= 0.3 is 0 Å². The smallest absolute Gasteiger partial charge is 0.128 e. The van der Waals surface area contributed by atoms with Gasteiger partial charge in [0.25, 0.3) is 0 Å². The molecule has 2 nitrogen and oxygen atoms in total. The molecule has 2 heteroatoms. The van der Waals surface area contributed by atoms with Crippen LogP contribution in [0, 0.1) is 0 Å². The average Bonchev–Trinajstić information content (AvgIpc) is 2.82. The highest BCUT2D eigenvalue weighted by Gasteiger charge is 2.09. The van der Waals surface area contributed by atoms with Gasteiger partial charge in [0.15, 0.2) is 0 Å². The molecule has 0 fully saturated rings. The summed E-state index contributed by atoms with van der Waals surface area (Å²) in [5.74, 6) is 0.920. The summed E-state index contributed by atoms with van der Waals surface area (Å²) in [6.45, 7) is 4.09. The van der Waals surface area contributed by atoms with E-state index in [1.165, 1.54) is 5.39 Å². The zero-order valence-electron chi connectivity index (χ0n) is 11.2. The first kappa shape index (κ1) is 11.8. The van der Waals surface area contributed by atoms with Gasteiger partial charge in [-0.1, -0.05) is 30.3 Å². The van der Waals surface area contributed by atoms with Crippen LogP contribution in [0.2, 0.25) is 0 Å². The Morgan fingerprint density at radius 2 is 1.68 bits per heavy atom. The first-order chi connectivity index (χ1) is 9.24. The molecule has 1 aromatic heterocycles. The van der Waals surface area contributed by atoms with Crippen LogP contribution >= 0.6 is 0 Å². The molecule has 2 aromatic carbocycles. The maximum absolute atomic E-state index is 5.88. The Morgan fingerprint density at radius 3 is 2.47 bits per heavy atom. The standard InChI is InChI=1S/C17H17NO/c1-12(2)19-17-10-6-4-8-14(17)16-11-13-7-3-5-9-15(13)18-16/h3-12,18H,1-2H3. The summed E-state index contributed by atoms with van der Waals surface area (Å²) in [4.78, 5) is 3.45. The molecule has 0 aliphatic heterocycles. The lowest BCUT2D eigenvalue weighted by molar-refractivity contribution is 0.243. The predicted octanol–water partition coefficient (Wildman–Crippen LogP) is 4.62. The van der Waals surface area contributed by atoms with E-state index in [0.717, 1.165) is 22.5 Å². The van der Waals surface area contributed by atoms with Crippen molar-refractivity contribution in [3.8, 4) is 17.0 Å². The topological polar surface area (TPSA) is 25.0 Å². The van der Waals surface area contributed by atoms with Crippen molar-refractivity contribution in [3.05, 3.63) is 54.6 Å². The zero-order valence-corrected chi connectivity index (χ0v) is 11.2. The molecule has 3 rings (SSSR count). The lowest BCUT2D eigenvalue weighted by Gasteiger charge is -2.13. The van der Waals surface area contributed by atoms with Crippen LogP contribution < -0.4 is 4.74 Å². The highest BCUT2D eigenvalue weighted by molar-refractivity contribution is 5.86. The van der Waals surface area contributed by atoms with Crippen LogP contribution in [0.5, 0.6) is 5.75 Å². The lowest BCUT2D eigenvalue weighted by atomic mass is 10.1. The van der Waals surface area contributed by atoms with E-state index in [2.05, 4.69) is 35.3 Å². The molecule has 1 heterocycles. The van der Waals surface area contributed by atoms with Gasteiger partial charge in [0, 0.05) is 16.5 Å². The number of benzene rings is 2. The summed E-state index contributed by atoms with van der Waals surface area (Å²) < 4.78 is 5.88. The Hall–Kier alpha value is -2.22. The minimum absolute atomic E-state index is 0.172. The predicted molar refractivity (Wildman–Crippen MR) is 79.5 cm³/mol. The minimum Gasteiger partial charge on any atom is -0.490 e. The van der Waals surface area contributed by atoms with Crippen molar-refractivity contribution >= 4 is 10.9 Å². The number of fused-ring (bicyclic) bond motifs is 1. The fourth-order valence-corrected chi connectivity index (χ4v) is 2.26. The number of rotatable bonds is 3. The van der Waals surface area contributed by atoms with E-state index >= 15 is 0 Å². The van der Waals surface area contributed by atoms with Gasteiger partial charge in [0.05, 0.1) is 11.8 Å². The van der Waals surface area contributed by atoms with Crippen LogP contribution in [0.1, 0.15) is 13.8 Å². The normalized spacial score (nSPS) is 11.1. The molecule has 0 atom stereocenters. The van der Waals surface area contributed by atoms with E-state index in [1.54, 1.807) is 0 Å². The van der Waals surface area contributed by atoms with E-state index in [4.69, 9.17) is 4.74 Å². The second-order valence-corrected chi connectivity index (χ2v) is 4.93. The quantitative estimate of drug-likeness (QED) is 0.721. The number of H-pyrrole nitrogens is 1. The molecular formula is C17H17NO. The molecule has 0 aliphatic rings. The van der Waals surface area contributed by atoms with Crippen LogP contribution in [0.3, 0.4) is 0 Å². The number of ether oxygens (including phenoxy) is 1. The molecule has 0 saturated carbocycles. The summed E-state index contributed by atoms with van der Waals surface area (Å²) in [5, 5.41) is 1.22. The van der Waals surface area contributed by atoms with Crippen LogP contribution in [0.25, 0.3) is 22.2 Å². The third-order valence-electron chi connectivity index (χ3n) is 3.07. The van der Waals surface area contributed by atoms with Gasteiger partial charge in [-0.05, 0) is 38.1 Å². The Morgan fingerprint density at radius 1 is 0.947 bits per heavy atom. The van der Waals surface area contributed by atoms with Crippen molar-refractivity contribution in [1.82, 2.24) is 4.98 Å². The molecule has 3 aromatic rings. The van der Waals surface area contributed by atoms with E-state index in [0.29, 0.717) is 0 Å². The Kier molecular flexibility index (Phi) is 3.00. The Balaban J connectivity index is 2.10. The van der Waals surface area contributed by atoms with Gasteiger partial charge in [-0.25, -0.2) is 0 Å². The second-order valence-electron chi connectivity index (χ2n) is 4.93. The molecule has 96 valence electrons. The van der Waals surface area contributed by atoms with Crippen molar-refractivity contribution in [1.29, 1.82) is 0 Å². The number of hydrogen-bond acceptors (Lipinski definition) is 1. The van der Waals surface area contributed by atoms with E-state index in [-0.39, 0.29) is 6.10 Å². The van der Waals surface area contributed by atoms with Gasteiger partial charge < -0.3 is 9.72 Å². The Labute approximate surface area is 113 Å². The van der Waals surface area contributed by atoms with Gasteiger partial charge in [-0.2, -0.15) is 0 Å². The summed E-state index contributed by atoms with van der Waals surface area (Å²) in [5.41, 5.74) is 3.35. The fraction of sp³-hybridized carbons (Fsp3) is 0.176. The maximum Gasteiger partial charge on any atom is 0.128 e. The summed E-state index contributed by atoms with van der Waals surface area (Å²) in [6, 6.07) is 18.6. The summed E-state index contributed by atoms with van der Waals surface area (Å²) >= 11 is 0. The van der Waals surface area contributed by atoms with Gasteiger partial charge in [0.1, 0.15) is 5.75 Å². The second kappa shape index (κ2) is 4.81. The van der Waals surface area contributed by atoms with Crippen LogP contribution in [-0.4, -0.2) is 11.1 Å². The molecule has 0 radical (unpaired) electrons. The zero-order chi connectivity index (χ0) is 13.2. The third kappa shape index (κ3) is 2.34. The monoisotopic (exact) mass is 251 g/mol. The number of hydrogen-bond donors (Lipinski definition) is 1. The number of aromatic amines is 1. The van der Waals surface area contributed by atoms with Crippen molar-refractivity contribution < 1.29 is 4.74 Å². The molecule has 0 bridgehead atoms. The fourth-order valence-electron chi connectivity index (χ4n) is 2.26. The first-order valence-corrected chi connectivity index (χ1v) is 6.58. The van der Waals surface area contributed by atoms with Crippen molar-refractivity contribution in [2.45, 2.75) is 20.0 Å². The third-order valence-corrected chi connectivity index (χ3v) is 3.07. The van der Waals surface area contributed by atoms with Crippen LogP contribution in [0.15, 0.2) is 54.6 Å². The van der Waals surface area contributed by atoms with Crippen molar-refractivity contribution in [2.24, 2.45) is 0 Å². The molecule has 0 aliphatic carbocycles. The highest BCUT2D eigenvalue weighted by atomic mass is 16.5. The van der Waals surface area contributed by atoms with E-state index in [9.17, 15) is 0 Å². The van der Waals surface area contributed by atoms with E-state index in [1.807, 2.05) is 38.1 Å². The summed E-state index contributed by atoms with van der Waals surface area (Å²) in [6.07, 6.45) is 0.172. The molecule has 1 N–H and O–H groups in total. The van der Waals surface area contributed by atoms with E-state index < -0.39 is 0 Å². The van der Waals surface area contributed by atoms with Crippen LogP contribution in [-0.2, 0) is 0 Å². The number of aromatic nitrogens is 1. The molecule has 0 spiro atoms. The average molecular weight is 251 g/mol. The molecule has 19 heavy (non-hydrogen) atoms. The number of para-hydroxylation sites is 2. The summed E-state index contributed by atoms with van der Waals surface area (Å²) in [7, 11) is 0. The maximum atomic E-state index is 5.88. The largest absolute Gasteiger partial charge is 0.490 e. The first-order valence-electron chi connectivity index (χ1n) is 6.58. The number of nitrogens with one attached hydrogen (secondary N) is 1.